The third-order valence-corrected chi connectivity index (χ3v) is 6.23. The molecule has 8 heteroatoms. The van der Waals surface area contributed by atoms with Gasteiger partial charge < -0.3 is 19.9 Å². The van der Waals surface area contributed by atoms with Gasteiger partial charge in [-0.2, -0.15) is 5.26 Å². The predicted octanol–water partition coefficient (Wildman–Crippen LogP) is 3.22. The van der Waals surface area contributed by atoms with E-state index in [9.17, 15) is 14.9 Å². The molecule has 1 fully saturated rings. The highest BCUT2D eigenvalue weighted by Crippen LogP contribution is 2.24. The largest absolute Gasteiger partial charge is 0.376 e. The monoisotopic (exact) mass is 448 g/mol. The van der Waals surface area contributed by atoms with Crippen molar-refractivity contribution in [2.24, 2.45) is 0 Å². The molecule has 164 valence electrons. The summed E-state index contributed by atoms with van der Waals surface area (Å²) in [6, 6.07) is 13.5. The van der Waals surface area contributed by atoms with E-state index in [-0.39, 0.29) is 24.1 Å². The number of ether oxygens (including phenoxy) is 1. The fourth-order valence-electron chi connectivity index (χ4n) is 3.74. The molecule has 2 aromatic heterocycles. The first-order chi connectivity index (χ1) is 15.6. The Morgan fingerprint density at radius 1 is 1.25 bits per heavy atom. The minimum absolute atomic E-state index is 0.0206. The fraction of sp³-hybridized carbons (Fsp3) is 0.292. The van der Waals surface area contributed by atoms with Crippen molar-refractivity contribution in [1.29, 1.82) is 5.26 Å². The van der Waals surface area contributed by atoms with Crippen molar-refractivity contribution in [2.45, 2.75) is 32.0 Å². The lowest BCUT2D eigenvalue weighted by Gasteiger charge is -2.11. The summed E-state index contributed by atoms with van der Waals surface area (Å²) in [7, 11) is 0. The molecule has 1 atom stereocenters. The van der Waals surface area contributed by atoms with Crippen LogP contribution < -0.4 is 10.6 Å². The number of nitrogens with zero attached hydrogens (tertiary/aromatic N) is 2. The van der Waals surface area contributed by atoms with Crippen molar-refractivity contribution < 1.29 is 14.3 Å². The van der Waals surface area contributed by atoms with Gasteiger partial charge in [-0.15, -0.1) is 11.3 Å². The number of para-hydroxylation sites is 1. The maximum atomic E-state index is 12.5. The summed E-state index contributed by atoms with van der Waals surface area (Å²) in [4.78, 5) is 26.0. The van der Waals surface area contributed by atoms with Crippen LogP contribution in [0.3, 0.4) is 0 Å². The van der Waals surface area contributed by atoms with E-state index in [0.717, 1.165) is 40.8 Å². The molecule has 3 aromatic rings. The van der Waals surface area contributed by atoms with Gasteiger partial charge in [-0.3, -0.25) is 9.59 Å². The predicted molar refractivity (Wildman–Crippen MR) is 124 cm³/mol. The van der Waals surface area contributed by atoms with Gasteiger partial charge in [0.05, 0.1) is 12.6 Å². The van der Waals surface area contributed by atoms with E-state index in [1.807, 2.05) is 52.4 Å². The molecule has 3 heterocycles. The molecule has 1 aromatic carbocycles. The van der Waals surface area contributed by atoms with Gasteiger partial charge in [-0.1, -0.05) is 24.3 Å². The van der Waals surface area contributed by atoms with Gasteiger partial charge in [0.15, 0.2) is 0 Å². The highest BCUT2D eigenvalue weighted by Gasteiger charge is 2.17. The lowest BCUT2D eigenvalue weighted by Crippen LogP contribution is -2.34. The number of carbonyl (C=O) groups excluding carboxylic acids is 2. The van der Waals surface area contributed by atoms with E-state index in [1.54, 1.807) is 23.6 Å². The standard InChI is InChI=1S/C24H24N4O3S/c25-12-17(24(30)27-14-20-6-4-10-32-20)11-18-15-28(22-8-2-1-7-21(18)22)16-23(29)26-13-19-5-3-9-31-19/h1-2,4,6-8,10-11,15,19H,3,5,9,13-14,16H2,(H,26,29)(H,27,30). The molecule has 0 aliphatic carbocycles. The van der Waals surface area contributed by atoms with E-state index in [2.05, 4.69) is 10.6 Å². The maximum absolute atomic E-state index is 12.5. The second-order valence-corrected chi connectivity index (χ2v) is 8.63. The van der Waals surface area contributed by atoms with Crippen molar-refractivity contribution in [3.05, 3.63) is 64.0 Å². The van der Waals surface area contributed by atoms with Crippen LogP contribution in [0.1, 0.15) is 23.3 Å². The first kappa shape index (κ1) is 21.8. The average molecular weight is 449 g/mol. The van der Waals surface area contributed by atoms with Crippen molar-refractivity contribution >= 4 is 40.1 Å². The molecule has 1 saturated heterocycles. The summed E-state index contributed by atoms with van der Waals surface area (Å²) in [5.74, 6) is -0.530. The topological polar surface area (TPSA) is 96.2 Å². The molecule has 4 rings (SSSR count). The highest BCUT2D eigenvalue weighted by molar-refractivity contribution is 7.09. The minimum Gasteiger partial charge on any atom is -0.376 e. The molecule has 1 aliphatic heterocycles. The first-order valence-electron chi connectivity index (χ1n) is 10.5. The van der Waals surface area contributed by atoms with Gasteiger partial charge in [0.2, 0.25) is 5.91 Å². The normalized spacial score (nSPS) is 16.1. The van der Waals surface area contributed by atoms with Gasteiger partial charge in [0, 0.05) is 40.7 Å². The Morgan fingerprint density at radius 2 is 2.12 bits per heavy atom. The molecule has 0 spiro atoms. The number of nitriles is 1. The molecule has 32 heavy (non-hydrogen) atoms. The zero-order chi connectivity index (χ0) is 22.3. The summed E-state index contributed by atoms with van der Waals surface area (Å²) in [5.41, 5.74) is 1.60. The van der Waals surface area contributed by atoms with Crippen molar-refractivity contribution in [2.75, 3.05) is 13.2 Å². The summed E-state index contributed by atoms with van der Waals surface area (Å²) >= 11 is 1.54. The molecular weight excluding hydrogens is 424 g/mol. The van der Waals surface area contributed by atoms with Gasteiger partial charge >= 0.3 is 0 Å². The number of amides is 2. The Labute approximate surface area is 190 Å². The quantitative estimate of drug-likeness (QED) is 0.409. The number of hydrogen-bond donors (Lipinski definition) is 2. The Balaban J connectivity index is 1.49. The smallest absolute Gasteiger partial charge is 0.262 e. The second kappa shape index (κ2) is 10.3. The maximum Gasteiger partial charge on any atom is 0.262 e. The number of rotatable bonds is 8. The molecule has 1 unspecified atom stereocenters. The molecule has 2 amide bonds. The van der Waals surface area contributed by atoms with Gasteiger partial charge in [0.25, 0.3) is 5.91 Å². The van der Waals surface area contributed by atoms with Crippen LogP contribution in [0.15, 0.2) is 53.5 Å². The summed E-state index contributed by atoms with van der Waals surface area (Å²) in [6.07, 6.45) is 5.46. The zero-order valence-electron chi connectivity index (χ0n) is 17.5. The number of carbonyl (C=O) groups is 2. The van der Waals surface area contributed by atoms with Crippen LogP contribution in [0.4, 0.5) is 0 Å². The SMILES string of the molecule is N#CC(=Cc1cn(CC(=O)NCC2CCCO2)c2ccccc12)C(=O)NCc1cccs1. The van der Waals surface area contributed by atoms with Crippen LogP contribution in [-0.2, 0) is 27.4 Å². The third kappa shape index (κ3) is 5.25. The number of benzene rings is 1. The lowest BCUT2D eigenvalue weighted by atomic mass is 10.1. The molecule has 1 aliphatic rings. The number of thiophene rings is 1. The lowest BCUT2D eigenvalue weighted by molar-refractivity contribution is -0.122. The first-order valence-corrected chi connectivity index (χ1v) is 11.4. The van der Waals surface area contributed by atoms with E-state index in [1.165, 1.54) is 0 Å². The number of aromatic nitrogens is 1. The third-order valence-electron chi connectivity index (χ3n) is 5.35. The molecule has 0 saturated carbocycles. The van der Waals surface area contributed by atoms with E-state index < -0.39 is 5.91 Å². The van der Waals surface area contributed by atoms with Crippen LogP contribution in [-0.4, -0.2) is 35.6 Å². The van der Waals surface area contributed by atoms with E-state index >= 15 is 0 Å². The van der Waals surface area contributed by atoms with E-state index in [4.69, 9.17) is 4.74 Å². The summed E-state index contributed by atoms with van der Waals surface area (Å²) < 4.78 is 7.39. The molecule has 0 radical (unpaired) electrons. The zero-order valence-corrected chi connectivity index (χ0v) is 18.4. The Kier molecular flexibility index (Phi) is 7.00. The number of nitrogens with one attached hydrogen (secondary N) is 2. The van der Waals surface area contributed by atoms with Crippen LogP contribution in [0.5, 0.6) is 0 Å². The van der Waals surface area contributed by atoms with Crippen molar-refractivity contribution in [3.8, 4) is 6.07 Å². The van der Waals surface area contributed by atoms with Crippen molar-refractivity contribution in [3.63, 3.8) is 0 Å². The highest BCUT2D eigenvalue weighted by atomic mass is 32.1. The number of hydrogen-bond acceptors (Lipinski definition) is 5. The average Bonchev–Trinajstić information content (AvgIpc) is 3.57. The fourth-order valence-corrected chi connectivity index (χ4v) is 4.39. The summed E-state index contributed by atoms with van der Waals surface area (Å²) in [6.45, 7) is 1.78. The number of fused-ring (bicyclic) bond motifs is 1. The van der Waals surface area contributed by atoms with Gasteiger partial charge in [0.1, 0.15) is 18.2 Å². The second-order valence-electron chi connectivity index (χ2n) is 7.60. The van der Waals surface area contributed by atoms with Crippen molar-refractivity contribution in [1.82, 2.24) is 15.2 Å². The van der Waals surface area contributed by atoms with Crippen LogP contribution >= 0.6 is 11.3 Å². The Hall–Kier alpha value is -3.41. The molecule has 7 nitrogen and oxygen atoms in total. The Bertz CT molecular complexity index is 1170. The van der Waals surface area contributed by atoms with Gasteiger partial charge in [-0.05, 0) is 36.4 Å². The van der Waals surface area contributed by atoms with Crippen LogP contribution in [0.25, 0.3) is 17.0 Å². The molecule has 2 N–H and O–H groups in total. The van der Waals surface area contributed by atoms with E-state index in [0.29, 0.717) is 13.1 Å². The van der Waals surface area contributed by atoms with Crippen LogP contribution in [0, 0.1) is 11.3 Å². The summed E-state index contributed by atoms with van der Waals surface area (Å²) in [5, 5.41) is 18.1. The molecule has 0 bridgehead atoms. The van der Waals surface area contributed by atoms with Crippen LogP contribution in [0.2, 0.25) is 0 Å². The van der Waals surface area contributed by atoms with Gasteiger partial charge in [-0.25, -0.2) is 0 Å². The Morgan fingerprint density at radius 3 is 2.88 bits per heavy atom. The molecular formula is C24H24N4O3S. The minimum atomic E-state index is -0.424.